The Hall–Kier alpha value is -1.77. The number of sulfonamides is 1. The molecule has 0 saturated heterocycles. The van der Waals surface area contributed by atoms with Crippen LogP contribution in [0.2, 0.25) is 0 Å². The van der Waals surface area contributed by atoms with Crippen molar-refractivity contribution in [1.29, 1.82) is 0 Å². The van der Waals surface area contributed by atoms with Gasteiger partial charge in [-0.05, 0) is 25.5 Å². The van der Waals surface area contributed by atoms with Crippen molar-refractivity contribution in [2.24, 2.45) is 5.73 Å². The molecule has 0 aliphatic rings. The number of nitrogens with two attached hydrogens (primary N) is 1. The molecule has 2 aromatic rings. The molecule has 2 heterocycles. The summed E-state index contributed by atoms with van der Waals surface area (Å²) in [6, 6.07) is 3.69. The molecule has 0 unspecified atom stereocenters. The molecule has 0 atom stereocenters. The highest BCUT2D eigenvalue weighted by molar-refractivity contribution is 7.89. The summed E-state index contributed by atoms with van der Waals surface area (Å²) in [6.07, 6.45) is 1.63. The molecule has 2 rings (SSSR count). The van der Waals surface area contributed by atoms with E-state index in [1.807, 2.05) is 13.0 Å². The van der Waals surface area contributed by atoms with Gasteiger partial charge in [0.05, 0.1) is 23.6 Å². The molecule has 0 spiro atoms. The van der Waals surface area contributed by atoms with Gasteiger partial charge in [-0.15, -0.1) is 0 Å². The largest absolute Gasteiger partial charge is 0.325 e. The molecular weight excluding hydrogens is 278 g/mol. The Morgan fingerprint density at radius 1 is 1.35 bits per heavy atom. The van der Waals surface area contributed by atoms with Crippen LogP contribution in [-0.2, 0) is 23.1 Å². The topological polar surface area (TPSA) is 114 Å². The first-order valence-corrected chi connectivity index (χ1v) is 7.58. The summed E-state index contributed by atoms with van der Waals surface area (Å²) in [5.41, 5.74) is 7.92. The summed E-state index contributed by atoms with van der Waals surface area (Å²) in [6.45, 7) is 3.71. The Morgan fingerprint density at radius 2 is 2.10 bits per heavy atom. The lowest BCUT2D eigenvalue weighted by molar-refractivity contribution is 0.578. The van der Waals surface area contributed by atoms with Crippen molar-refractivity contribution >= 4 is 10.0 Å². The maximum Gasteiger partial charge on any atom is 0.244 e. The monoisotopic (exact) mass is 295 g/mol. The maximum atomic E-state index is 12.3. The second-order valence-electron chi connectivity index (χ2n) is 4.42. The Kier molecular flexibility index (Phi) is 4.17. The number of hydrogen-bond acceptors (Lipinski definition) is 5. The molecule has 20 heavy (non-hydrogen) atoms. The standard InChI is InChI=1S/C12H17N5O2S/c1-8-4-3-5-14-11(8)7-15-20(18,19)12-9(2)16-17-10(12)6-13/h3-5,15H,6-7,13H2,1-2H3,(H,16,17). The molecule has 8 heteroatoms. The summed E-state index contributed by atoms with van der Waals surface area (Å²) in [7, 11) is -3.67. The molecule has 0 fully saturated rings. The third-order valence-electron chi connectivity index (χ3n) is 2.97. The van der Waals surface area contributed by atoms with E-state index >= 15 is 0 Å². The Balaban J connectivity index is 2.24. The lowest BCUT2D eigenvalue weighted by Gasteiger charge is -2.08. The molecule has 0 saturated carbocycles. The second-order valence-corrected chi connectivity index (χ2v) is 6.12. The van der Waals surface area contributed by atoms with Crippen LogP contribution in [0.4, 0.5) is 0 Å². The van der Waals surface area contributed by atoms with Crippen LogP contribution in [0.5, 0.6) is 0 Å². The minimum Gasteiger partial charge on any atom is -0.325 e. The summed E-state index contributed by atoms with van der Waals surface area (Å²) in [4.78, 5) is 4.27. The molecule has 0 radical (unpaired) electrons. The van der Waals surface area contributed by atoms with Crippen molar-refractivity contribution in [2.75, 3.05) is 0 Å². The maximum absolute atomic E-state index is 12.3. The van der Waals surface area contributed by atoms with Gasteiger partial charge in [0.1, 0.15) is 4.90 Å². The Bertz CT molecular complexity index is 708. The van der Waals surface area contributed by atoms with Crippen LogP contribution in [0.25, 0.3) is 0 Å². The fourth-order valence-corrected chi connectivity index (χ4v) is 3.26. The van der Waals surface area contributed by atoms with E-state index in [0.29, 0.717) is 17.1 Å². The molecule has 0 aliphatic carbocycles. The molecule has 108 valence electrons. The van der Waals surface area contributed by atoms with Gasteiger partial charge in [-0.3, -0.25) is 10.1 Å². The SMILES string of the molecule is Cc1cccnc1CNS(=O)(=O)c1c(CN)n[nH]c1C. The second kappa shape index (κ2) is 5.70. The molecular formula is C12H17N5O2S. The number of aromatic nitrogens is 3. The highest BCUT2D eigenvalue weighted by atomic mass is 32.2. The van der Waals surface area contributed by atoms with Crippen LogP contribution in [0, 0.1) is 13.8 Å². The molecule has 0 bridgehead atoms. The zero-order valence-corrected chi connectivity index (χ0v) is 12.2. The zero-order chi connectivity index (χ0) is 14.8. The minimum absolute atomic E-state index is 0.0587. The van der Waals surface area contributed by atoms with Gasteiger partial charge in [0.2, 0.25) is 10.0 Å². The highest BCUT2D eigenvalue weighted by Gasteiger charge is 2.23. The third-order valence-corrected chi connectivity index (χ3v) is 4.57. The van der Waals surface area contributed by atoms with E-state index < -0.39 is 10.0 Å². The first kappa shape index (κ1) is 14.6. The first-order valence-electron chi connectivity index (χ1n) is 6.09. The molecule has 0 amide bonds. The van der Waals surface area contributed by atoms with Gasteiger partial charge in [0, 0.05) is 12.7 Å². The first-order chi connectivity index (χ1) is 9.45. The fourth-order valence-electron chi connectivity index (χ4n) is 1.90. The van der Waals surface area contributed by atoms with E-state index in [1.165, 1.54) is 0 Å². The summed E-state index contributed by atoms with van der Waals surface area (Å²) >= 11 is 0. The number of hydrogen-bond donors (Lipinski definition) is 3. The molecule has 0 aliphatic heterocycles. The van der Waals surface area contributed by atoms with E-state index in [2.05, 4.69) is 19.9 Å². The van der Waals surface area contributed by atoms with Crippen molar-refractivity contribution in [1.82, 2.24) is 19.9 Å². The van der Waals surface area contributed by atoms with E-state index in [-0.39, 0.29) is 18.0 Å². The van der Waals surface area contributed by atoms with Crippen LogP contribution < -0.4 is 10.5 Å². The van der Waals surface area contributed by atoms with Gasteiger partial charge in [-0.1, -0.05) is 6.07 Å². The van der Waals surface area contributed by atoms with Crippen molar-refractivity contribution in [3.05, 3.63) is 41.0 Å². The summed E-state index contributed by atoms with van der Waals surface area (Å²) in [5, 5.41) is 6.53. The predicted molar refractivity (Wildman–Crippen MR) is 74.2 cm³/mol. The number of rotatable bonds is 5. The molecule has 0 aromatic carbocycles. The average Bonchev–Trinajstić information content (AvgIpc) is 2.80. The smallest absolute Gasteiger partial charge is 0.244 e. The number of nitrogens with zero attached hydrogens (tertiary/aromatic N) is 2. The van der Waals surface area contributed by atoms with Crippen molar-refractivity contribution in [3.8, 4) is 0 Å². The van der Waals surface area contributed by atoms with Crippen molar-refractivity contribution in [2.45, 2.75) is 31.8 Å². The summed E-state index contributed by atoms with van der Waals surface area (Å²) < 4.78 is 27.2. The Morgan fingerprint density at radius 3 is 2.75 bits per heavy atom. The lowest BCUT2D eigenvalue weighted by Crippen LogP contribution is -2.25. The number of aromatic amines is 1. The van der Waals surface area contributed by atoms with E-state index in [9.17, 15) is 8.42 Å². The van der Waals surface area contributed by atoms with Gasteiger partial charge in [0.15, 0.2) is 0 Å². The van der Waals surface area contributed by atoms with Gasteiger partial charge in [-0.2, -0.15) is 5.10 Å². The Labute approximate surface area is 117 Å². The van der Waals surface area contributed by atoms with Crippen LogP contribution in [-0.4, -0.2) is 23.6 Å². The van der Waals surface area contributed by atoms with E-state index in [0.717, 1.165) is 5.56 Å². The van der Waals surface area contributed by atoms with Crippen molar-refractivity contribution in [3.63, 3.8) is 0 Å². The van der Waals surface area contributed by atoms with Gasteiger partial charge in [-0.25, -0.2) is 13.1 Å². The fraction of sp³-hybridized carbons (Fsp3) is 0.333. The van der Waals surface area contributed by atoms with Gasteiger partial charge < -0.3 is 5.73 Å². The van der Waals surface area contributed by atoms with Crippen molar-refractivity contribution < 1.29 is 8.42 Å². The third kappa shape index (κ3) is 2.87. The normalized spacial score (nSPS) is 11.8. The van der Waals surface area contributed by atoms with Crippen LogP contribution in [0.1, 0.15) is 22.6 Å². The molecule has 7 nitrogen and oxygen atoms in total. The summed E-state index contributed by atoms with van der Waals surface area (Å²) in [5.74, 6) is 0. The minimum atomic E-state index is -3.67. The zero-order valence-electron chi connectivity index (χ0n) is 11.3. The predicted octanol–water partition coefficient (Wildman–Crippen LogP) is 0.359. The highest BCUT2D eigenvalue weighted by Crippen LogP contribution is 2.17. The molecule has 2 aromatic heterocycles. The van der Waals surface area contributed by atoms with Crippen LogP contribution in [0.3, 0.4) is 0 Å². The van der Waals surface area contributed by atoms with Gasteiger partial charge >= 0.3 is 0 Å². The van der Waals surface area contributed by atoms with E-state index in [1.54, 1.807) is 19.2 Å². The number of aryl methyl sites for hydroxylation is 2. The number of H-pyrrole nitrogens is 1. The molecule has 4 N–H and O–H groups in total. The van der Waals surface area contributed by atoms with E-state index in [4.69, 9.17) is 5.73 Å². The van der Waals surface area contributed by atoms with Crippen LogP contribution in [0.15, 0.2) is 23.2 Å². The van der Waals surface area contributed by atoms with Gasteiger partial charge in [0.25, 0.3) is 0 Å². The average molecular weight is 295 g/mol. The quantitative estimate of drug-likeness (QED) is 0.737. The number of nitrogens with one attached hydrogen (secondary N) is 2. The van der Waals surface area contributed by atoms with Crippen LogP contribution >= 0.6 is 0 Å². The lowest BCUT2D eigenvalue weighted by atomic mass is 10.2. The number of pyridine rings is 1.